The van der Waals surface area contributed by atoms with Gasteiger partial charge in [-0.3, -0.25) is 9.48 Å². The summed E-state index contributed by atoms with van der Waals surface area (Å²) < 4.78 is 1.86. The molecule has 0 saturated carbocycles. The Morgan fingerprint density at radius 1 is 1.17 bits per heavy atom. The summed E-state index contributed by atoms with van der Waals surface area (Å²) in [6.45, 7) is 4.67. The number of hydrogen-bond donors (Lipinski definition) is 0. The zero-order valence-corrected chi connectivity index (χ0v) is 13.8. The van der Waals surface area contributed by atoms with Gasteiger partial charge in [-0.1, -0.05) is 37.3 Å². The van der Waals surface area contributed by atoms with Gasteiger partial charge in [0.05, 0.1) is 0 Å². The number of aromatic nitrogens is 2. The van der Waals surface area contributed by atoms with Gasteiger partial charge in [0, 0.05) is 25.8 Å². The lowest BCUT2D eigenvalue weighted by Gasteiger charge is -2.31. The molecule has 23 heavy (non-hydrogen) atoms. The molecule has 0 radical (unpaired) electrons. The number of aryl methyl sites for hydroxylation is 1. The summed E-state index contributed by atoms with van der Waals surface area (Å²) in [4.78, 5) is 14.5. The van der Waals surface area contributed by atoms with Gasteiger partial charge in [0.15, 0.2) is 0 Å². The summed E-state index contributed by atoms with van der Waals surface area (Å²) in [7, 11) is 0. The second-order valence-electron chi connectivity index (χ2n) is 6.39. The number of hydrogen-bond acceptors (Lipinski definition) is 2. The molecule has 1 amide bonds. The number of benzene rings is 1. The third-order valence-corrected chi connectivity index (χ3v) is 4.58. The first-order valence-electron chi connectivity index (χ1n) is 8.63. The van der Waals surface area contributed by atoms with Crippen LogP contribution in [0.2, 0.25) is 0 Å². The molecule has 0 unspecified atom stereocenters. The molecule has 1 aliphatic rings. The van der Waals surface area contributed by atoms with Crippen LogP contribution in [0, 0.1) is 5.92 Å². The lowest BCUT2D eigenvalue weighted by Crippen LogP contribution is -2.39. The van der Waals surface area contributed by atoms with Gasteiger partial charge in [0.1, 0.15) is 5.69 Å². The van der Waals surface area contributed by atoms with Crippen LogP contribution in [-0.2, 0) is 13.0 Å². The van der Waals surface area contributed by atoms with Crippen molar-refractivity contribution >= 4 is 5.91 Å². The van der Waals surface area contributed by atoms with E-state index in [1.54, 1.807) is 0 Å². The summed E-state index contributed by atoms with van der Waals surface area (Å²) in [6, 6.07) is 12.5. The maximum atomic E-state index is 12.5. The van der Waals surface area contributed by atoms with Crippen LogP contribution in [0.25, 0.3) is 0 Å². The molecule has 4 nitrogen and oxygen atoms in total. The normalized spacial score (nSPS) is 15.8. The van der Waals surface area contributed by atoms with Crippen LogP contribution in [0.1, 0.15) is 42.2 Å². The Balaban J connectivity index is 1.52. The van der Waals surface area contributed by atoms with Crippen molar-refractivity contribution in [1.29, 1.82) is 0 Å². The van der Waals surface area contributed by atoms with Crippen LogP contribution in [0.3, 0.4) is 0 Å². The summed E-state index contributed by atoms with van der Waals surface area (Å²) in [5.74, 6) is 0.761. The highest BCUT2D eigenvalue weighted by Gasteiger charge is 2.24. The van der Waals surface area contributed by atoms with Crippen LogP contribution in [0.15, 0.2) is 42.6 Å². The first-order chi connectivity index (χ1) is 11.3. The molecule has 1 fully saturated rings. The third-order valence-electron chi connectivity index (χ3n) is 4.58. The number of carbonyl (C=O) groups excluding carboxylic acids is 1. The van der Waals surface area contributed by atoms with Crippen LogP contribution in [0.5, 0.6) is 0 Å². The lowest BCUT2D eigenvalue weighted by atomic mass is 9.90. The van der Waals surface area contributed by atoms with E-state index in [1.807, 2.05) is 21.8 Å². The van der Waals surface area contributed by atoms with Gasteiger partial charge in [0.25, 0.3) is 5.91 Å². The van der Waals surface area contributed by atoms with E-state index in [2.05, 4.69) is 42.4 Å². The molecule has 2 heterocycles. The lowest BCUT2D eigenvalue weighted by molar-refractivity contribution is 0.0683. The maximum Gasteiger partial charge on any atom is 0.274 e. The number of nitrogens with zero attached hydrogens (tertiary/aromatic N) is 3. The number of rotatable bonds is 5. The van der Waals surface area contributed by atoms with E-state index in [1.165, 1.54) is 5.56 Å². The van der Waals surface area contributed by atoms with Crippen molar-refractivity contribution < 1.29 is 4.79 Å². The van der Waals surface area contributed by atoms with Crippen molar-refractivity contribution in [3.8, 4) is 0 Å². The molecule has 2 aromatic rings. The zero-order valence-electron chi connectivity index (χ0n) is 13.8. The van der Waals surface area contributed by atoms with Crippen LogP contribution < -0.4 is 0 Å². The van der Waals surface area contributed by atoms with E-state index >= 15 is 0 Å². The van der Waals surface area contributed by atoms with Gasteiger partial charge < -0.3 is 4.90 Å². The number of likely N-dealkylation sites (tertiary alicyclic amines) is 1. The number of piperidine rings is 1. The first kappa shape index (κ1) is 15.8. The Labute approximate surface area is 138 Å². The molecular formula is C19H25N3O. The zero-order chi connectivity index (χ0) is 16.1. The molecule has 1 aromatic heterocycles. The molecule has 0 N–H and O–H groups in total. The van der Waals surface area contributed by atoms with Gasteiger partial charge in [0.2, 0.25) is 0 Å². The molecule has 0 bridgehead atoms. The van der Waals surface area contributed by atoms with Gasteiger partial charge in [-0.05, 0) is 43.2 Å². The third kappa shape index (κ3) is 4.01. The average molecular weight is 311 g/mol. The van der Waals surface area contributed by atoms with E-state index < -0.39 is 0 Å². The van der Waals surface area contributed by atoms with E-state index in [4.69, 9.17) is 0 Å². The summed E-state index contributed by atoms with van der Waals surface area (Å²) in [5, 5.41) is 4.39. The fourth-order valence-electron chi connectivity index (χ4n) is 3.28. The minimum absolute atomic E-state index is 0.0815. The Bertz CT molecular complexity index is 627. The standard InChI is InChI=1S/C19H25N3O/c1-2-11-22-14-10-18(20-22)19(23)21-12-8-17(9-13-21)15-16-6-4-3-5-7-16/h3-7,10,14,17H,2,8-9,11-13,15H2,1H3. The van der Waals surface area contributed by atoms with Gasteiger partial charge in [-0.15, -0.1) is 0 Å². The number of carbonyl (C=O) groups is 1. The van der Waals surface area contributed by atoms with E-state index in [-0.39, 0.29) is 5.91 Å². The Morgan fingerprint density at radius 3 is 2.61 bits per heavy atom. The predicted molar refractivity (Wildman–Crippen MR) is 91.3 cm³/mol. The SMILES string of the molecule is CCCn1ccc(C(=O)N2CCC(Cc3ccccc3)CC2)n1. The van der Waals surface area contributed by atoms with Crippen molar-refractivity contribution in [2.75, 3.05) is 13.1 Å². The molecule has 0 atom stereocenters. The fourth-order valence-corrected chi connectivity index (χ4v) is 3.28. The van der Waals surface area contributed by atoms with Crippen molar-refractivity contribution in [2.24, 2.45) is 5.92 Å². The monoisotopic (exact) mass is 311 g/mol. The minimum atomic E-state index is 0.0815. The fraction of sp³-hybridized carbons (Fsp3) is 0.474. The molecule has 0 spiro atoms. The van der Waals surface area contributed by atoms with E-state index in [0.29, 0.717) is 11.6 Å². The van der Waals surface area contributed by atoms with Crippen molar-refractivity contribution in [1.82, 2.24) is 14.7 Å². The smallest absolute Gasteiger partial charge is 0.274 e. The first-order valence-corrected chi connectivity index (χ1v) is 8.63. The molecule has 1 aliphatic heterocycles. The Hall–Kier alpha value is -2.10. The van der Waals surface area contributed by atoms with Gasteiger partial charge in [-0.25, -0.2) is 0 Å². The van der Waals surface area contributed by atoms with E-state index in [0.717, 1.165) is 45.3 Å². The maximum absolute atomic E-state index is 12.5. The molecule has 0 aliphatic carbocycles. The summed E-state index contributed by atoms with van der Waals surface area (Å²) in [6.07, 6.45) is 6.21. The Morgan fingerprint density at radius 2 is 1.91 bits per heavy atom. The van der Waals surface area contributed by atoms with Gasteiger partial charge >= 0.3 is 0 Å². The second-order valence-corrected chi connectivity index (χ2v) is 6.39. The number of amides is 1. The highest BCUT2D eigenvalue weighted by atomic mass is 16.2. The van der Waals surface area contributed by atoms with Crippen LogP contribution >= 0.6 is 0 Å². The predicted octanol–water partition coefficient (Wildman–Crippen LogP) is 3.39. The molecule has 122 valence electrons. The van der Waals surface area contributed by atoms with Gasteiger partial charge in [-0.2, -0.15) is 5.10 Å². The van der Waals surface area contributed by atoms with Crippen LogP contribution in [0.4, 0.5) is 0 Å². The molecule has 4 heteroatoms. The minimum Gasteiger partial charge on any atom is -0.337 e. The van der Waals surface area contributed by atoms with Crippen molar-refractivity contribution in [3.63, 3.8) is 0 Å². The second kappa shape index (κ2) is 7.44. The Kier molecular flexibility index (Phi) is 5.11. The van der Waals surface area contributed by atoms with Crippen molar-refractivity contribution in [3.05, 3.63) is 53.9 Å². The highest BCUT2D eigenvalue weighted by molar-refractivity contribution is 5.92. The highest BCUT2D eigenvalue weighted by Crippen LogP contribution is 2.22. The molecule has 1 aromatic carbocycles. The average Bonchev–Trinajstić information content (AvgIpc) is 3.05. The largest absolute Gasteiger partial charge is 0.337 e. The van der Waals surface area contributed by atoms with Crippen molar-refractivity contribution in [2.45, 2.75) is 39.2 Å². The summed E-state index contributed by atoms with van der Waals surface area (Å²) in [5.41, 5.74) is 1.98. The molecule has 1 saturated heterocycles. The van der Waals surface area contributed by atoms with E-state index in [9.17, 15) is 4.79 Å². The quantitative estimate of drug-likeness (QED) is 0.849. The topological polar surface area (TPSA) is 38.1 Å². The summed E-state index contributed by atoms with van der Waals surface area (Å²) >= 11 is 0. The van der Waals surface area contributed by atoms with Crippen LogP contribution in [-0.4, -0.2) is 33.7 Å². The molecule has 3 rings (SSSR count). The molecular weight excluding hydrogens is 286 g/mol.